The summed E-state index contributed by atoms with van der Waals surface area (Å²) in [4.78, 5) is 4.26. The minimum absolute atomic E-state index is 0.105. The number of nitrogens with one attached hydrogen (secondary N) is 2. The highest BCUT2D eigenvalue weighted by Gasteiger charge is 2.45. The Morgan fingerprint density at radius 1 is 1.32 bits per heavy atom. The first-order valence-electron chi connectivity index (χ1n) is 8.75. The van der Waals surface area contributed by atoms with Crippen molar-refractivity contribution in [1.29, 1.82) is 0 Å². The van der Waals surface area contributed by atoms with E-state index in [9.17, 15) is 4.39 Å². The van der Waals surface area contributed by atoms with Crippen molar-refractivity contribution in [2.45, 2.75) is 38.1 Å². The lowest BCUT2D eigenvalue weighted by Gasteiger charge is -2.19. The fourth-order valence-corrected chi connectivity index (χ4v) is 3.09. The maximum absolute atomic E-state index is 14.1. The summed E-state index contributed by atoms with van der Waals surface area (Å²) in [6.07, 6.45) is 4.60. The van der Waals surface area contributed by atoms with Crippen molar-refractivity contribution < 1.29 is 4.39 Å². The molecule has 1 fully saturated rings. The lowest BCUT2D eigenvalue weighted by Crippen LogP contribution is -2.42. The molecule has 0 radical (unpaired) electrons. The Balaban J connectivity index is 1.51. The minimum Gasteiger partial charge on any atom is -0.356 e. The van der Waals surface area contributed by atoms with Gasteiger partial charge in [-0.1, -0.05) is 25.1 Å². The van der Waals surface area contributed by atoms with Crippen molar-refractivity contribution in [3.8, 4) is 0 Å². The molecule has 2 aromatic rings. The second kappa shape index (κ2) is 7.63. The summed E-state index contributed by atoms with van der Waals surface area (Å²) >= 11 is 0. The van der Waals surface area contributed by atoms with Gasteiger partial charge in [-0.3, -0.25) is 4.99 Å². The van der Waals surface area contributed by atoms with E-state index in [2.05, 4.69) is 32.7 Å². The van der Waals surface area contributed by atoms with Crippen molar-refractivity contribution in [3.63, 3.8) is 0 Å². The zero-order chi connectivity index (χ0) is 17.7. The van der Waals surface area contributed by atoms with Crippen LogP contribution in [-0.2, 0) is 18.4 Å². The van der Waals surface area contributed by atoms with Crippen LogP contribution in [0.5, 0.6) is 0 Å². The van der Waals surface area contributed by atoms with Gasteiger partial charge in [-0.15, -0.1) is 10.2 Å². The van der Waals surface area contributed by atoms with Crippen LogP contribution in [0.2, 0.25) is 0 Å². The second-order valence-corrected chi connectivity index (χ2v) is 6.41. The molecule has 1 saturated carbocycles. The van der Waals surface area contributed by atoms with E-state index in [1.54, 1.807) is 19.4 Å². The van der Waals surface area contributed by atoms with Gasteiger partial charge in [0.25, 0.3) is 0 Å². The minimum atomic E-state index is -0.121. The number of hydrogen-bond acceptors (Lipinski definition) is 3. The molecule has 2 N–H and O–H groups in total. The van der Waals surface area contributed by atoms with Gasteiger partial charge in [0, 0.05) is 38.5 Å². The van der Waals surface area contributed by atoms with E-state index in [1.807, 2.05) is 16.7 Å². The maximum atomic E-state index is 14.1. The maximum Gasteiger partial charge on any atom is 0.191 e. The molecule has 1 aliphatic carbocycles. The Morgan fingerprint density at radius 2 is 2.12 bits per heavy atom. The number of aryl methyl sites for hydroxylation is 1. The summed E-state index contributed by atoms with van der Waals surface area (Å²) < 4.78 is 16.1. The van der Waals surface area contributed by atoms with Crippen LogP contribution in [0.25, 0.3) is 0 Å². The molecule has 0 aliphatic heterocycles. The molecular weight excluding hydrogens is 319 g/mol. The Labute approximate surface area is 147 Å². The smallest absolute Gasteiger partial charge is 0.191 e. The van der Waals surface area contributed by atoms with Crippen LogP contribution in [0.15, 0.2) is 35.6 Å². The van der Waals surface area contributed by atoms with E-state index in [0.717, 1.165) is 49.7 Å². The highest BCUT2D eigenvalue weighted by molar-refractivity contribution is 5.79. The van der Waals surface area contributed by atoms with Gasteiger partial charge < -0.3 is 15.2 Å². The topological polar surface area (TPSA) is 67.1 Å². The molecule has 3 rings (SSSR count). The first-order valence-corrected chi connectivity index (χ1v) is 8.75. The molecule has 0 amide bonds. The third kappa shape index (κ3) is 3.97. The predicted molar refractivity (Wildman–Crippen MR) is 96.1 cm³/mol. The van der Waals surface area contributed by atoms with Gasteiger partial charge in [0.15, 0.2) is 5.96 Å². The van der Waals surface area contributed by atoms with Crippen LogP contribution in [0, 0.1) is 5.82 Å². The van der Waals surface area contributed by atoms with Gasteiger partial charge in [0.05, 0.1) is 0 Å². The Morgan fingerprint density at radius 3 is 2.80 bits per heavy atom. The largest absolute Gasteiger partial charge is 0.356 e. The Kier molecular flexibility index (Phi) is 5.31. The lowest BCUT2D eigenvalue weighted by atomic mass is 9.95. The molecule has 1 aliphatic rings. The van der Waals surface area contributed by atoms with Crippen molar-refractivity contribution >= 4 is 5.96 Å². The Hall–Kier alpha value is -2.44. The molecule has 0 bridgehead atoms. The second-order valence-electron chi connectivity index (χ2n) is 6.41. The number of benzene rings is 1. The number of nitrogens with zero attached hydrogens (tertiary/aromatic N) is 4. The third-order valence-electron chi connectivity index (χ3n) is 4.77. The van der Waals surface area contributed by atoms with E-state index in [1.165, 1.54) is 6.07 Å². The molecule has 1 aromatic carbocycles. The number of aliphatic imine (C=N–C) groups is 1. The van der Waals surface area contributed by atoms with Crippen molar-refractivity contribution in [2.75, 3.05) is 20.1 Å². The monoisotopic (exact) mass is 344 g/mol. The fourth-order valence-electron chi connectivity index (χ4n) is 3.09. The van der Waals surface area contributed by atoms with Crippen LogP contribution >= 0.6 is 0 Å². The molecule has 0 unspecified atom stereocenters. The van der Waals surface area contributed by atoms with Crippen LogP contribution in [0.1, 0.15) is 31.2 Å². The first-order chi connectivity index (χ1) is 12.2. The zero-order valence-electron chi connectivity index (χ0n) is 14.8. The highest BCUT2D eigenvalue weighted by Crippen LogP contribution is 2.48. The molecule has 0 spiro atoms. The van der Waals surface area contributed by atoms with E-state index in [-0.39, 0.29) is 11.2 Å². The normalized spacial score (nSPS) is 15.9. The quantitative estimate of drug-likeness (QED) is 0.594. The highest BCUT2D eigenvalue weighted by atomic mass is 19.1. The van der Waals surface area contributed by atoms with Crippen LogP contribution in [-0.4, -0.2) is 40.9 Å². The van der Waals surface area contributed by atoms with Gasteiger partial charge in [-0.2, -0.15) is 0 Å². The summed E-state index contributed by atoms with van der Waals surface area (Å²) in [7, 11) is 1.74. The number of rotatable bonds is 7. The Bertz CT molecular complexity index is 735. The van der Waals surface area contributed by atoms with E-state index < -0.39 is 0 Å². The average molecular weight is 344 g/mol. The molecule has 1 aromatic heterocycles. The summed E-state index contributed by atoms with van der Waals surface area (Å²) in [5, 5.41) is 14.6. The van der Waals surface area contributed by atoms with E-state index in [4.69, 9.17) is 0 Å². The molecule has 1 heterocycles. The lowest BCUT2D eigenvalue weighted by molar-refractivity contribution is 0.558. The first kappa shape index (κ1) is 17.4. The van der Waals surface area contributed by atoms with Crippen molar-refractivity contribution in [3.05, 3.63) is 47.8 Å². The molecule has 6 nitrogen and oxygen atoms in total. The van der Waals surface area contributed by atoms with E-state index in [0.29, 0.717) is 6.54 Å². The predicted octanol–water partition coefficient (Wildman–Crippen LogP) is 1.88. The average Bonchev–Trinajstić information content (AvgIpc) is 3.28. The summed E-state index contributed by atoms with van der Waals surface area (Å²) in [6, 6.07) is 7.06. The molecule has 134 valence electrons. The SMILES string of the molecule is CCc1nncn1CCNC(=NC)NCC1(c2ccccc2F)CC1. The van der Waals surface area contributed by atoms with Crippen molar-refractivity contribution in [2.24, 2.45) is 4.99 Å². The summed E-state index contributed by atoms with van der Waals surface area (Å²) in [5.74, 6) is 1.58. The summed E-state index contributed by atoms with van der Waals surface area (Å²) in [6.45, 7) is 4.24. The molecule has 7 heteroatoms. The molecule has 0 saturated heterocycles. The molecule has 25 heavy (non-hydrogen) atoms. The molecule has 0 atom stereocenters. The van der Waals surface area contributed by atoms with Crippen LogP contribution in [0.4, 0.5) is 4.39 Å². The summed E-state index contributed by atoms with van der Waals surface area (Å²) in [5.41, 5.74) is 0.696. The third-order valence-corrected chi connectivity index (χ3v) is 4.77. The van der Waals surface area contributed by atoms with Crippen LogP contribution in [0.3, 0.4) is 0 Å². The number of guanidine groups is 1. The van der Waals surface area contributed by atoms with Gasteiger partial charge in [-0.05, 0) is 24.5 Å². The van der Waals surface area contributed by atoms with Gasteiger partial charge in [0.2, 0.25) is 0 Å². The number of halogens is 1. The van der Waals surface area contributed by atoms with Gasteiger partial charge >= 0.3 is 0 Å². The van der Waals surface area contributed by atoms with Crippen molar-refractivity contribution in [1.82, 2.24) is 25.4 Å². The van der Waals surface area contributed by atoms with E-state index >= 15 is 0 Å². The standard InChI is InChI=1S/C18H25FN6/c1-3-16-24-23-13-25(16)11-10-21-17(20-2)22-12-18(8-9-18)14-6-4-5-7-15(14)19/h4-7,13H,3,8-12H2,1-2H3,(H2,20,21,22). The van der Waals surface area contributed by atoms with Gasteiger partial charge in [0.1, 0.15) is 18.0 Å². The van der Waals surface area contributed by atoms with Crippen LogP contribution < -0.4 is 10.6 Å². The number of hydrogen-bond donors (Lipinski definition) is 2. The zero-order valence-corrected chi connectivity index (χ0v) is 14.8. The molecular formula is C18H25FN6. The fraction of sp³-hybridized carbons (Fsp3) is 0.500. The van der Waals surface area contributed by atoms with Gasteiger partial charge in [-0.25, -0.2) is 4.39 Å². The number of aromatic nitrogens is 3.